The van der Waals surface area contributed by atoms with E-state index in [1.165, 1.54) is 12.8 Å². The maximum Gasteiger partial charge on any atom is 0.410 e. The second-order valence-electron chi connectivity index (χ2n) is 12.4. The minimum absolute atomic E-state index is 0.178. The van der Waals surface area contributed by atoms with Crippen LogP contribution in [0.3, 0.4) is 0 Å². The average molecular weight is 468 g/mol. The number of amides is 2. The number of nitrogens with zero attached hydrogens (tertiary/aromatic N) is 3. The number of likely N-dealkylation sites (tertiary alicyclic amines) is 2. The number of rotatable bonds is 6. The van der Waals surface area contributed by atoms with Gasteiger partial charge >= 0.3 is 12.2 Å². The molecule has 0 N–H and O–H groups in total. The molecule has 33 heavy (non-hydrogen) atoms. The van der Waals surface area contributed by atoms with Crippen molar-refractivity contribution < 1.29 is 19.1 Å². The van der Waals surface area contributed by atoms with Crippen molar-refractivity contribution in [1.29, 1.82) is 0 Å². The van der Waals surface area contributed by atoms with Crippen LogP contribution in [0.2, 0.25) is 0 Å². The van der Waals surface area contributed by atoms with Gasteiger partial charge in [0.2, 0.25) is 0 Å². The van der Waals surface area contributed by atoms with Crippen LogP contribution in [-0.4, -0.2) is 84.9 Å². The van der Waals surface area contributed by atoms with Crippen molar-refractivity contribution in [2.45, 2.75) is 91.3 Å². The van der Waals surface area contributed by atoms with Gasteiger partial charge in [0.05, 0.1) is 0 Å². The fraction of sp³-hybridized carbons (Fsp3) is 0.923. The largest absolute Gasteiger partial charge is 0.444 e. The van der Waals surface area contributed by atoms with Crippen LogP contribution in [0.1, 0.15) is 80.1 Å². The lowest BCUT2D eigenvalue weighted by molar-refractivity contribution is 0.0164. The highest BCUT2D eigenvalue weighted by Crippen LogP contribution is 2.32. The first kappa shape index (κ1) is 27.7. The number of hydrogen-bond acceptors (Lipinski definition) is 5. The van der Waals surface area contributed by atoms with Gasteiger partial charge in [-0.2, -0.15) is 0 Å². The number of ether oxygens (including phenoxy) is 2. The summed E-state index contributed by atoms with van der Waals surface area (Å²) in [5, 5.41) is 0. The van der Waals surface area contributed by atoms with Gasteiger partial charge < -0.3 is 24.2 Å². The molecule has 0 aromatic heterocycles. The molecule has 2 aliphatic heterocycles. The Bertz CT molecular complexity index is 572. The first-order valence-electron chi connectivity index (χ1n) is 12.8. The summed E-state index contributed by atoms with van der Waals surface area (Å²) >= 11 is 0. The second kappa shape index (κ2) is 11.8. The number of piperidine rings is 2. The molecule has 0 spiro atoms. The molecule has 2 aliphatic rings. The Morgan fingerprint density at radius 1 is 0.758 bits per heavy atom. The standard InChI is InChI=1S/C26H49N3O4/c1-25(2,3)32-23(30)28-13-9-20(10-14-28)17-22(19-27(7)8)18-21-11-15-29(16-12-21)24(31)33-26(4,5)6/h20-22H,9-19H2,1-8H3. The third-order valence-corrected chi connectivity index (χ3v) is 6.49. The lowest BCUT2D eigenvalue weighted by atomic mass is 9.80. The van der Waals surface area contributed by atoms with Crippen molar-refractivity contribution in [3.8, 4) is 0 Å². The van der Waals surface area contributed by atoms with E-state index in [9.17, 15) is 9.59 Å². The van der Waals surface area contributed by atoms with Crippen molar-refractivity contribution in [3.63, 3.8) is 0 Å². The Morgan fingerprint density at radius 2 is 1.09 bits per heavy atom. The van der Waals surface area contributed by atoms with E-state index in [1.54, 1.807) is 0 Å². The van der Waals surface area contributed by atoms with Crippen LogP contribution in [0.5, 0.6) is 0 Å². The van der Waals surface area contributed by atoms with Crippen LogP contribution < -0.4 is 0 Å². The molecular weight excluding hydrogens is 418 g/mol. The van der Waals surface area contributed by atoms with Gasteiger partial charge in [-0.05, 0) is 112 Å². The Balaban J connectivity index is 1.80. The maximum absolute atomic E-state index is 12.4. The molecule has 192 valence electrons. The Labute approximate surface area is 202 Å². The summed E-state index contributed by atoms with van der Waals surface area (Å²) < 4.78 is 11.1. The Kier molecular flexibility index (Phi) is 9.89. The van der Waals surface area contributed by atoms with Crippen molar-refractivity contribution in [3.05, 3.63) is 0 Å². The number of carbonyl (C=O) groups is 2. The third-order valence-electron chi connectivity index (χ3n) is 6.49. The zero-order chi connectivity index (χ0) is 24.8. The van der Waals surface area contributed by atoms with Gasteiger partial charge in [0.15, 0.2) is 0 Å². The molecule has 0 aliphatic carbocycles. The average Bonchev–Trinajstić information content (AvgIpc) is 2.66. The zero-order valence-corrected chi connectivity index (χ0v) is 22.5. The normalized spacial score (nSPS) is 19.3. The molecule has 0 bridgehead atoms. The summed E-state index contributed by atoms with van der Waals surface area (Å²) in [4.78, 5) is 30.8. The monoisotopic (exact) mass is 467 g/mol. The van der Waals surface area contributed by atoms with E-state index < -0.39 is 11.2 Å². The maximum atomic E-state index is 12.4. The summed E-state index contributed by atoms with van der Waals surface area (Å²) in [5.74, 6) is 1.97. The molecule has 0 radical (unpaired) electrons. The predicted molar refractivity (Wildman–Crippen MR) is 132 cm³/mol. The van der Waals surface area contributed by atoms with Gasteiger partial charge in [-0.1, -0.05) is 0 Å². The molecule has 7 nitrogen and oxygen atoms in total. The van der Waals surface area contributed by atoms with E-state index in [2.05, 4.69) is 19.0 Å². The quantitative estimate of drug-likeness (QED) is 0.535. The van der Waals surface area contributed by atoms with Crippen LogP contribution in [0.25, 0.3) is 0 Å². The van der Waals surface area contributed by atoms with Crippen LogP contribution in [0.4, 0.5) is 9.59 Å². The minimum Gasteiger partial charge on any atom is -0.444 e. The molecule has 2 saturated heterocycles. The third kappa shape index (κ3) is 10.5. The van der Waals surface area contributed by atoms with Gasteiger partial charge in [-0.3, -0.25) is 0 Å². The minimum atomic E-state index is -0.441. The van der Waals surface area contributed by atoms with E-state index in [-0.39, 0.29) is 12.2 Å². The van der Waals surface area contributed by atoms with E-state index in [0.29, 0.717) is 17.8 Å². The van der Waals surface area contributed by atoms with Gasteiger partial charge in [0, 0.05) is 32.7 Å². The van der Waals surface area contributed by atoms with E-state index in [0.717, 1.165) is 58.4 Å². The summed E-state index contributed by atoms with van der Waals surface area (Å²) in [6.45, 7) is 15.8. The van der Waals surface area contributed by atoms with Gasteiger partial charge in [0.1, 0.15) is 11.2 Å². The summed E-state index contributed by atoms with van der Waals surface area (Å²) in [7, 11) is 4.31. The zero-order valence-electron chi connectivity index (χ0n) is 22.5. The smallest absolute Gasteiger partial charge is 0.410 e. The lowest BCUT2D eigenvalue weighted by Gasteiger charge is -2.37. The fourth-order valence-electron chi connectivity index (χ4n) is 5.06. The summed E-state index contributed by atoms with van der Waals surface area (Å²) in [6, 6.07) is 0. The topological polar surface area (TPSA) is 62.3 Å². The van der Waals surface area contributed by atoms with Crippen LogP contribution >= 0.6 is 0 Å². The highest BCUT2D eigenvalue weighted by Gasteiger charge is 2.31. The Hall–Kier alpha value is -1.50. The second-order valence-corrected chi connectivity index (χ2v) is 12.4. The SMILES string of the molecule is CN(C)CC(CC1CCN(C(=O)OC(C)(C)C)CC1)CC1CCN(C(=O)OC(C)(C)C)CC1. The molecule has 0 unspecified atom stereocenters. The number of hydrogen-bond donors (Lipinski definition) is 0. The molecule has 0 aromatic carbocycles. The van der Waals surface area contributed by atoms with Gasteiger partial charge in [-0.25, -0.2) is 9.59 Å². The first-order valence-corrected chi connectivity index (χ1v) is 12.8. The molecule has 2 rings (SSSR count). The highest BCUT2D eigenvalue weighted by molar-refractivity contribution is 5.68. The van der Waals surface area contributed by atoms with E-state index in [4.69, 9.17) is 9.47 Å². The van der Waals surface area contributed by atoms with Crippen molar-refractivity contribution >= 4 is 12.2 Å². The summed E-state index contributed by atoms with van der Waals surface area (Å²) in [6.07, 6.45) is 6.30. The molecule has 2 fully saturated rings. The Morgan fingerprint density at radius 3 is 1.36 bits per heavy atom. The molecule has 0 atom stereocenters. The van der Waals surface area contributed by atoms with Gasteiger partial charge in [0.25, 0.3) is 0 Å². The van der Waals surface area contributed by atoms with Gasteiger partial charge in [-0.15, -0.1) is 0 Å². The van der Waals surface area contributed by atoms with E-state index >= 15 is 0 Å². The first-order chi connectivity index (χ1) is 15.2. The molecule has 7 heteroatoms. The van der Waals surface area contributed by atoms with E-state index in [1.807, 2.05) is 51.3 Å². The molecule has 0 aromatic rings. The molecule has 2 amide bonds. The molecule has 0 saturated carbocycles. The molecule has 2 heterocycles. The lowest BCUT2D eigenvalue weighted by Crippen LogP contribution is -2.43. The van der Waals surface area contributed by atoms with Crippen LogP contribution in [0.15, 0.2) is 0 Å². The van der Waals surface area contributed by atoms with Crippen LogP contribution in [-0.2, 0) is 9.47 Å². The van der Waals surface area contributed by atoms with Crippen molar-refractivity contribution in [1.82, 2.24) is 14.7 Å². The number of carbonyl (C=O) groups excluding carboxylic acids is 2. The van der Waals surface area contributed by atoms with Crippen molar-refractivity contribution in [2.75, 3.05) is 46.8 Å². The highest BCUT2D eigenvalue weighted by atomic mass is 16.6. The van der Waals surface area contributed by atoms with Crippen LogP contribution in [0, 0.1) is 17.8 Å². The van der Waals surface area contributed by atoms with Crippen molar-refractivity contribution in [2.24, 2.45) is 17.8 Å². The predicted octanol–water partition coefficient (Wildman–Crippen LogP) is 5.24. The molecular formula is C26H49N3O4. The fourth-order valence-corrected chi connectivity index (χ4v) is 5.06. The summed E-state index contributed by atoms with van der Waals surface area (Å²) in [5.41, 5.74) is -0.881.